The number of methoxy groups -OCH3 is 1. The molecule has 23 heavy (non-hydrogen) atoms. The standard InChI is InChI=1S/C13H21FN6O3/c1-13(14,9(22)7(5-21)23-4)20-6-16-8-10(19(2)3)17-12(15)18-11(8)20/h6-7,9,21-22H,5H2,1-4H3,(H2,15,17,18)/t7?,9-,13+/m1/s1. The van der Waals surface area contributed by atoms with Crippen LogP contribution >= 0.6 is 0 Å². The van der Waals surface area contributed by atoms with Gasteiger partial charge in [-0.15, -0.1) is 0 Å². The Labute approximate surface area is 132 Å². The van der Waals surface area contributed by atoms with Crippen molar-refractivity contribution in [3.05, 3.63) is 6.33 Å². The fourth-order valence-electron chi connectivity index (χ4n) is 2.32. The number of aliphatic hydroxyl groups is 2. The lowest BCUT2D eigenvalue weighted by atomic mass is 10.0. The maximum absolute atomic E-state index is 15.2. The van der Waals surface area contributed by atoms with Gasteiger partial charge in [0.15, 0.2) is 17.0 Å². The fraction of sp³-hybridized carbons (Fsp3) is 0.615. The highest BCUT2D eigenvalue weighted by Gasteiger charge is 2.41. The van der Waals surface area contributed by atoms with Crippen LogP contribution in [0.3, 0.4) is 0 Å². The summed E-state index contributed by atoms with van der Waals surface area (Å²) in [5, 5.41) is 19.4. The Morgan fingerprint density at radius 2 is 2.13 bits per heavy atom. The van der Waals surface area contributed by atoms with Crippen molar-refractivity contribution in [1.82, 2.24) is 19.5 Å². The molecule has 0 amide bonds. The average molecular weight is 328 g/mol. The van der Waals surface area contributed by atoms with E-state index >= 15 is 4.39 Å². The Morgan fingerprint density at radius 3 is 2.65 bits per heavy atom. The van der Waals surface area contributed by atoms with Crippen LogP contribution in [0, 0.1) is 0 Å². The Morgan fingerprint density at radius 1 is 1.48 bits per heavy atom. The lowest BCUT2D eigenvalue weighted by Crippen LogP contribution is -2.47. The molecular weight excluding hydrogens is 307 g/mol. The van der Waals surface area contributed by atoms with E-state index in [1.165, 1.54) is 13.4 Å². The third-order valence-corrected chi connectivity index (χ3v) is 3.66. The molecule has 0 aliphatic rings. The largest absolute Gasteiger partial charge is 0.394 e. The van der Waals surface area contributed by atoms with E-state index in [9.17, 15) is 10.2 Å². The minimum Gasteiger partial charge on any atom is -0.394 e. The number of aromatic nitrogens is 4. The van der Waals surface area contributed by atoms with E-state index in [1.807, 2.05) is 0 Å². The topological polar surface area (TPSA) is 123 Å². The van der Waals surface area contributed by atoms with Crippen LogP contribution in [0.25, 0.3) is 11.2 Å². The van der Waals surface area contributed by atoms with E-state index in [0.717, 1.165) is 11.5 Å². The molecule has 1 unspecified atom stereocenters. The third kappa shape index (κ3) is 2.92. The van der Waals surface area contributed by atoms with Crippen LogP contribution in [0.5, 0.6) is 0 Å². The quantitative estimate of drug-likeness (QED) is 0.648. The highest BCUT2D eigenvalue weighted by Crippen LogP contribution is 2.31. The molecule has 0 aliphatic carbocycles. The molecule has 2 aromatic heterocycles. The van der Waals surface area contributed by atoms with Crippen LogP contribution in [-0.4, -0.2) is 69.8 Å². The molecule has 10 heteroatoms. The van der Waals surface area contributed by atoms with Gasteiger partial charge in [0.2, 0.25) is 11.7 Å². The van der Waals surface area contributed by atoms with E-state index in [4.69, 9.17) is 10.5 Å². The van der Waals surface area contributed by atoms with Crippen LogP contribution < -0.4 is 10.6 Å². The van der Waals surface area contributed by atoms with Gasteiger partial charge in [-0.2, -0.15) is 9.97 Å². The van der Waals surface area contributed by atoms with Crippen molar-refractivity contribution in [2.45, 2.75) is 24.9 Å². The van der Waals surface area contributed by atoms with E-state index in [-0.39, 0.29) is 11.6 Å². The second-order valence-electron chi connectivity index (χ2n) is 5.51. The molecule has 4 N–H and O–H groups in total. The zero-order valence-corrected chi connectivity index (χ0v) is 13.4. The predicted molar refractivity (Wildman–Crippen MR) is 82.7 cm³/mol. The number of nitrogens with zero attached hydrogens (tertiary/aromatic N) is 5. The molecule has 0 saturated carbocycles. The molecule has 3 atom stereocenters. The first-order valence-corrected chi connectivity index (χ1v) is 6.93. The number of aliphatic hydroxyl groups excluding tert-OH is 2. The van der Waals surface area contributed by atoms with Gasteiger partial charge in [-0.1, -0.05) is 0 Å². The molecule has 9 nitrogen and oxygen atoms in total. The number of imidazole rings is 1. The zero-order chi connectivity index (χ0) is 17.4. The third-order valence-electron chi connectivity index (χ3n) is 3.66. The van der Waals surface area contributed by atoms with Gasteiger partial charge in [0, 0.05) is 21.2 Å². The lowest BCUT2D eigenvalue weighted by molar-refractivity contribution is -0.135. The predicted octanol–water partition coefficient (Wildman–Crippen LogP) is -0.515. The van der Waals surface area contributed by atoms with Crippen molar-refractivity contribution in [2.24, 2.45) is 0 Å². The second kappa shape index (κ2) is 6.22. The number of halogens is 1. The van der Waals surface area contributed by atoms with Gasteiger partial charge in [-0.05, 0) is 6.92 Å². The summed E-state index contributed by atoms with van der Waals surface area (Å²) >= 11 is 0. The van der Waals surface area contributed by atoms with E-state index in [2.05, 4.69) is 15.0 Å². The minimum absolute atomic E-state index is 0.0429. The van der Waals surface area contributed by atoms with Gasteiger partial charge >= 0.3 is 0 Å². The first kappa shape index (κ1) is 17.3. The zero-order valence-electron chi connectivity index (χ0n) is 13.4. The van der Waals surface area contributed by atoms with Gasteiger partial charge < -0.3 is 25.6 Å². The molecular formula is C13H21FN6O3. The van der Waals surface area contributed by atoms with Crippen LogP contribution in [-0.2, 0) is 10.5 Å². The summed E-state index contributed by atoms with van der Waals surface area (Å²) in [4.78, 5) is 13.9. The lowest BCUT2D eigenvalue weighted by Gasteiger charge is -2.32. The average Bonchev–Trinajstić information content (AvgIpc) is 2.91. The Balaban J connectivity index is 2.59. The molecule has 2 aromatic rings. The number of ether oxygens (including phenoxy) is 1. The number of hydrogen-bond donors (Lipinski definition) is 3. The van der Waals surface area contributed by atoms with Crippen LogP contribution in [0.1, 0.15) is 6.92 Å². The summed E-state index contributed by atoms with van der Waals surface area (Å²) in [6, 6.07) is 0. The monoisotopic (exact) mass is 328 g/mol. The van der Waals surface area contributed by atoms with Crippen molar-refractivity contribution < 1.29 is 19.3 Å². The van der Waals surface area contributed by atoms with Gasteiger partial charge in [-0.3, -0.25) is 4.57 Å². The summed E-state index contributed by atoms with van der Waals surface area (Å²) < 4.78 is 21.2. The van der Waals surface area contributed by atoms with Gasteiger partial charge in [0.1, 0.15) is 12.2 Å². The molecule has 0 saturated heterocycles. The Bertz CT molecular complexity index is 686. The first-order valence-electron chi connectivity index (χ1n) is 6.93. The highest BCUT2D eigenvalue weighted by atomic mass is 19.1. The van der Waals surface area contributed by atoms with Crippen LogP contribution in [0.4, 0.5) is 16.2 Å². The summed E-state index contributed by atoms with van der Waals surface area (Å²) in [5.74, 6) is -1.94. The van der Waals surface area contributed by atoms with Crippen molar-refractivity contribution in [1.29, 1.82) is 0 Å². The van der Waals surface area contributed by atoms with Crippen molar-refractivity contribution in [3.63, 3.8) is 0 Å². The maximum atomic E-state index is 15.2. The highest BCUT2D eigenvalue weighted by molar-refractivity contribution is 5.84. The smallest absolute Gasteiger partial charge is 0.224 e. The summed E-state index contributed by atoms with van der Waals surface area (Å²) in [7, 11) is 4.77. The van der Waals surface area contributed by atoms with Gasteiger partial charge in [0.05, 0.1) is 12.9 Å². The van der Waals surface area contributed by atoms with Gasteiger partial charge in [-0.25, -0.2) is 9.37 Å². The number of hydrogen-bond acceptors (Lipinski definition) is 8. The maximum Gasteiger partial charge on any atom is 0.224 e. The summed E-state index contributed by atoms with van der Waals surface area (Å²) in [6.07, 6.45) is -1.54. The Hall–Kier alpha value is -2.04. The van der Waals surface area contributed by atoms with Gasteiger partial charge in [0.25, 0.3) is 0 Å². The molecule has 2 rings (SSSR count). The number of anilines is 2. The molecule has 0 radical (unpaired) electrons. The molecule has 0 aromatic carbocycles. The van der Waals surface area contributed by atoms with E-state index in [0.29, 0.717) is 11.3 Å². The minimum atomic E-state index is -2.33. The number of rotatable bonds is 6. The van der Waals surface area contributed by atoms with Crippen LogP contribution in [0.15, 0.2) is 6.33 Å². The van der Waals surface area contributed by atoms with Crippen molar-refractivity contribution in [2.75, 3.05) is 38.4 Å². The van der Waals surface area contributed by atoms with E-state index in [1.54, 1.807) is 19.0 Å². The fourth-order valence-corrected chi connectivity index (χ4v) is 2.32. The van der Waals surface area contributed by atoms with Crippen molar-refractivity contribution in [3.8, 4) is 0 Å². The molecule has 0 bridgehead atoms. The molecule has 2 heterocycles. The summed E-state index contributed by atoms with van der Waals surface area (Å²) in [5.41, 5.74) is 6.17. The molecule has 0 spiro atoms. The summed E-state index contributed by atoms with van der Waals surface area (Å²) in [6.45, 7) is 0.609. The van der Waals surface area contributed by atoms with E-state index < -0.39 is 24.6 Å². The van der Waals surface area contributed by atoms with Crippen molar-refractivity contribution >= 4 is 22.9 Å². The first-order chi connectivity index (χ1) is 10.7. The number of alkyl halides is 1. The number of nitrogens with two attached hydrogens (primary N) is 1. The second-order valence-corrected chi connectivity index (χ2v) is 5.51. The normalized spacial score (nSPS) is 17.0. The number of fused-ring (bicyclic) bond motifs is 1. The number of nitrogen functional groups attached to an aromatic ring is 1. The molecule has 0 fully saturated rings. The van der Waals surface area contributed by atoms with Crippen LogP contribution in [0.2, 0.25) is 0 Å². The Kier molecular flexibility index (Phi) is 4.68. The molecule has 0 aliphatic heterocycles. The molecule has 128 valence electrons. The SMILES string of the molecule is COC(CO)[C@@H](O)[C@@](C)(F)n1cnc2c(N(C)C)nc(N)nc21.